The van der Waals surface area contributed by atoms with E-state index in [2.05, 4.69) is 49.6 Å². The summed E-state index contributed by atoms with van der Waals surface area (Å²) in [6, 6.07) is 18.5. The highest BCUT2D eigenvalue weighted by atomic mass is 16.2. The molecule has 160 valence electrons. The van der Waals surface area contributed by atoms with Crippen LogP contribution in [0.15, 0.2) is 78.4 Å². The van der Waals surface area contributed by atoms with E-state index in [9.17, 15) is 4.79 Å². The van der Waals surface area contributed by atoms with Gasteiger partial charge < -0.3 is 9.47 Å². The molecule has 1 aliphatic rings. The molecule has 0 atom stereocenters. The van der Waals surface area contributed by atoms with Crippen LogP contribution in [-0.4, -0.2) is 58.8 Å². The van der Waals surface area contributed by atoms with E-state index in [0.29, 0.717) is 6.42 Å². The lowest BCUT2D eigenvalue weighted by Gasteiger charge is -2.36. The number of carbonyl (C=O) groups is 1. The number of benzene rings is 2. The summed E-state index contributed by atoms with van der Waals surface area (Å²) in [7, 11) is 0. The number of para-hydroxylation sites is 1. The molecule has 0 spiro atoms. The summed E-state index contributed by atoms with van der Waals surface area (Å²) in [6.45, 7) is 6.55. The van der Waals surface area contributed by atoms with Crippen molar-refractivity contribution >= 4 is 17.3 Å². The lowest BCUT2D eigenvalue weighted by molar-refractivity contribution is -0.121. The summed E-state index contributed by atoms with van der Waals surface area (Å²) in [6.07, 6.45) is 5.86. The number of hydrazone groups is 1. The summed E-state index contributed by atoms with van der Waals surface area (Å²) in [4.78, 5) is 21.0. The minimum atomic E-state index is -0.0557. The molecule has 1 aliphatic heterocycles. The fraction of sp³-hybridized carbons (Fsp3) is 0.292. The Hall–Kier alpha value is -3.45. The fourth-order valence-electron chi connectivity index (χ4n) is 3.68. The first-order chi connectivity index (χ1) is 15.2. The van der Waals surface area contributed by atoms with E-state index in [1.165, 1.54) is 5.69 Å². The van der Waals surface area contributed by atoms with Crippen LogP contribution in [0.25, 0.3) is 5.69 Å². The van der Waals surface area contributed by atoms with Crippen LogP contribution in [0.4, 0.5) is 5.69 Å². The molecule has 0 unspecified atom stereocenters. The quantitative estimate of drug-likeness (QED) is 0.475. The van der Waals surface area contributed by atoms with Crippen LogP contribution in [0.1, 0.15) is 18.9 Å². The van der Waals surface area contributed by atoms with Crippen LogP contribution in [0, 0.1) is 0 Å². The molecule has 1 aromatic heterocycles. The lowest BCUT2D eigenvalue weighted by atomic mass is 10.1. The summed E-state index contributed by atoms with van der Waals surface area (Å²) < 4.78 is 1.94. The Morgan fingerprint density at radius 1 is 1.00 bits per heavy atom. The summed E-state index contributed by atoms with van der Waals surface area (Å²) in [5.41, 5.74) is 6.75. The number of aromatic nitrogens is 2. The Morgan fingerprint density at radius 3 is 2.42 bits per heavy atom. The van der Waals surface area contributed by atoms with Gasteiger partial charge in [-0.25, -0.2) is 10.4 Å². The monoisotopic (exact) mass is 416 g/mol. The topological polar surface area (TPSA) is 65.8 Å². The number of carbonyl (C=O) groups excluding carboxylic acids is 1. The van der Waals surface area contributed by atoms with Gasteiger partial charge in [0, 0.05) is 62.9 Å². The number of nitrogens with zero attached hydrogens (tertiary/aromatic N) is 5. The zero-order valence-electron chi connectivity index (χ0n) is 17.8. The molecule has 0 radical (unpaired) electrons. The SMILES string of the molecule is C/C(=N\NC(=O)CCN1CCN(c2ccccc2)CC1)c1ccc(-n2ccnc2)cc1. The highest BCUT2D eigenvalue weighted by Gasteiger charge is 2.17. The van der Waals surface area contributed by atoms with Crippen molar-refractivity contribution in [3.8, 4) is 5.69 Å². The zero-order valence-corrected chi connectivity index (χ0v) is 17.8. The molecule has 7 nitrogen and oxygen atoms in total. The molecule has 1 amide bonds. The van der Waals surface area contributed by atoms with Gasteiger partial charge in [0.2, 0.25) is 5.91 Å². The van der Waals surface area contributed by atoms with E-state index in [4.69, 9.17) is 0 Å². The first-order valence-electron chi connectivity index (χ1n) is 10.6. The van der Waals surface area contributed by atoms with Gasteiger partial charge in [0.25, 0.3) is 0 Å². The van der Waals surface area contributed by atoms with Gasteiger partial charge in [0.15, 0.2) is 0 Å². The molecule has 4 rings (SSSR count). The largest absolute Gasteiger partial charge is 0.369 e. The molecule has 1 saturated heterocycles. The highest BCUT2D eigenvalue weighted by Crippen LogP contribution is 2.15. The van der Waals surface area contributed by atoms with Crippen LogP contribution in [0.2, 0.25) is 0 Å². The smallest absolute Gasteiger partial charge is 0.241 e. The third-order valence-corrected chi connectivity index (χ3v) is 5.58. The minimum Gasteiger partial charge on any atom is -0.369 e. The first-order valence-corrected chi connectivity index (χ1v) is 10.6. The fourth-order valence-corrected chi connectivity index (χ4v) is 3.68. The van der Waals surface area contributed by atoms with Crippen molar-refractivity contribution in [1.29, 1.82) is 0 Å². The molecular formula is C24H28N6O. The number of piperazine rings is 1. The zero-order chi connectivity index (χ0) is 21.5. The summed E-state index contributed by atoms with van der Waals surface area (Å²) in [5.74, 6) is -0.0557. The molecular weight excluding hydrogens is 388 g/mol. The Labute approximate surface area is 183 Å². The number of rotatable bonds is 7. The number of nitrogens with one attached hydrogen (secondary N) is 1. The summed E-state index contributed by atoms with van der Waals surface area (Å²) >= 11 is 0. The molecule has 1 fully saturated rings. The average molecular weight is 417 g/mol. The van der Waals surface area contributed by atoms with Crippen molar-refractivity contribution in [2.75, 3.05) is 37.6 Å². The molecule has 2 aromatic carbocycles. The van der Waals surface area contributed by atoms with Gasteiger partial charge in [-0.15, -0.1) is 0 Å². The molecule has 0 aliphatic carbocycles. The predicted molar refractivity (Wildman–Crippen MR) is 124 cm³/mol. The molecule has 31 heavy (non-hydrogen) atoms. The van der Waals surface area contributed by atoms with Crippen molar-refractivity contribution in [2.45, 2.75) is 13.3 Å². The van der Waals surface area contributed by atoms with Crippen LogP contribution in [0.3, 0.4) is 0 Å². The van der Waals surface area contributed by atoms with Crippen molar-refractivity contribution in [2.24, 2.45) is 5.10 Å². The van der Waals surface area contributed by atoms with Gasteiger partial charge in [-0.1, -0.05) is 30.3 Å². The second kappa shape index (κ2) is 10.0. The molecule has 2 heterocycles. The van der Waals surface area contributed by atoms with Gasteiger partial charge in [-0.05, 0) is 36.8 Å². The van der Waals surface area contributed by atoms with E-state index in [1.807, 2.05) is 48.0 Å². The van der Waals surface area contributed by atoms with E-state index >= 15 is 0 Å². The molecule has 3 aromatic rings. The van der Waals surface area contributed by atoms with E-state index in [-0.39, 0.29) is 5.91 Å². The van der Waals surface area contributed by atoms with Crippen molar-refractivity contribution in [3.05, 3.63) is 78.9 Å². The van der Waals surface area contributed by atoms with Gasteiger partial charge in [0.1, 0.15) is 0 Å². The third kappa shape index (κ3) is 5.58. The van der Waals surface area contributed by atoms with Crippen LogP contribution in [0.5, 0.6) is 0 Å². The highest BCUT2D eigenvalue weighted by molar-refractivity contribution is 5.99. The normalized spacial score (nSPS) is 15.1. The standard InChI is InChI=1S/C24H28N6O/c1-20(21-7-9-23(10-8-21)30-14-12-25-19-30)26-27-24(31)11-13-28-15-17-29(18-16-28)22-5-3-2-4-6-22/h2-10,12,14,19H,11,13,15-18H2,1H3,(H,27,31)/b26-20+. The second-order valence-corrected chi connectivity index (χ2v) is 7.66. The van der Waals surface area contributed by atoms with Crippen molar-refractivity contribution < 1.29 is 4.79 Å². The second-order valence-electron chi connectivity index (χ2n) is 7.66. The molecule has 0 saturated carbocycles. The Kier molecular flexibility index (Phi) is 6.74. The van der Waals surface area contributed by atoms with Gasteiger partial charge in [0.05, 0.1) is 12.0 Å². The Bertz CT molecular complexity index is 990. The number of imidazole rings is 1. The van der Waals surface area contributed by atoms with Crippen LogP contribution < -0.4 is 10.3 Å². The average Bonchev–Trinajstić information content (AvgIpc) is 3.37. The van der Waals surface area contributed by atoms with Crippen LogP contribution >= 0.6 is 0 Å². The number of hydrogen-bond donors (Lipinski definition) is 1. The molecule has 0 bridgehead atoms. The number of hydrogen-bond acceptors (Lipinski definition) is 5. The molecule has 7 heteroatoms. The maximum absolute atomic E-state index is 12.3. The number of amides is 1. The summed E-state index contributed by atoms with van der Waals surface area (Å²) in [5, 5.41) is 4.27. The lowest BCUT2D eigenvalue weighted by Crippen LogP contribution is -2.47. The minimum absolute atomic E-state index is 0.0557. The van der Waals surface area contributed by atoms with Crippen molar-refractivity contribution in [1.82, 2.24) is 19.9 Å². The Morgan fingerprint density at radius 2 is 1.74 bits per heavy atom. The van der Waals surface area contributed by atoms with Gasteiger partial charge >= 0.3 is 0 Å². The van der Waals surface area contributed by atoms with E-state index in [0.717, 1.165) is 49.7 Å². The van der Waals surface area contributed by atoms with Gasteiger partial charge in [-0.2, -0.15) is 5.10 Å². The van der Waals surface area contributed by atoms with E-state index in [1.54, 1.807) is 12.5 Å². The maximum atomic E-state index is 12.3. The first kappa shape index (κ1) is 20.8. The van der Waals surface area contributed by atoms with Gasteiger partial charge in [-0.3, -0.25) is 9.69 Å². The third-order valence-electron chi connectivity index (χ3n) is 5.58. The molecule has 1 N–H and O–H groups in total. The van der Waals surface area contributed by atoms with Crippen LogP contribution in [-0.2, 0) is 4.79 Å². The number of anilines is 1. The van der Waals surface area contributed by atoms with Crippen molar-refractivity contribution in [3.63, 3.8) is 0 Å². The van der Waals surface area contributed by atoms with E-state index < -0.39 is 0 Å². The predicted octanol–water partition coefficient (Wildman–Crippen LogP) is 2.92. The Balaban J connectivity index is 1.21. The maximum Gasteiger partial charge on any atom is 0.241 e.